The van der Waals surface area contributed by atoms with Gasteiger partial charge in [0.05, 0.1) is 5.56 Å². The standard InChI is InChI=1S/C15H18Br2N2O/c1-19(12-7-10-3-4-11(8-12)18-10)15(20)13-5-2-9(16)6-14(13)17/h2,5-6,10-12,18H,3-4,7-8H2,1H3. The van der Waals surface area contributed by atoms with Crippen LogP contribution in [-0.2, 0) is 0 Å². The maximum atomic E-state index is 12.7. The molecule has 2 fully saturated rings. The zero-order chi connectivity index (χ0) is 14.3. The highest BCUT2D eigenvalue weighted by Gasteiger charge is 2.36. The highest BCUT2D eigenvalue weighted by molar-refractivity contribution is 9.11. The van der Waals surface area contributed by atoms with Gasteiger partial charge in [0.15, 0.2) is 0 Å². The van der Waals surface area contributed by atoms with Gasteiger partial charge >= 0.3 is 0 Å². The lowest BCUT2D eigenvalue weighted by Crippen LogP contribution is -2.48. The molecule has 1 N–H and O–H groups in total. The van der Waals surface area contributed by atoms with Crippen LogP contribution in [-0.4, -0.2) is 36.0 Å². The van der Waals surface area contributed by atoms with Gasteiger partial charge in [-0.05, 0) is 59.8 Å². The number of carbonyl (C=O) groups excluding carboxylic acids is 1. The predicted molar refractivity (Wildman–Crippen MR) is 86.9 cm³/mol. The molecule has 3 rings (SSSR count). The minimum atomic E-state index is 0.107. The van der Waals surface area contributed by atoms with E-state index in [1.165, 1.54) is 12.8 Å². The fourth-order valence-electron chi connectivity index (χ4n) is 3.36. The molecule has 1 aromatic rings. The molecule has 1 aromatic carbocycles. The lowest BCUT2D eigenvalue weighted by atomic mass is 9.98. The van der Waals surface area contributed by atoms with E-state index in [0.29, 0.717) is 18.1 Å². The number of halogens is 2. The Morgan fingerprint density at radius 2 is 1.90 bits per heavy atom. The quantitative estimate of drug-likeness (QED) is 0.821. The lowest BCUT2D eigenvalue weighted by molar-refractivity contribution is 0.0681. The van der Waals surface area contributed by atoms with Gasteiger partial charge in [0.2, 0.25) is 0 Å². The van der Waals surface area contributed by atoms with E-state index in [4.69, 9.17) is 0 Å². The molecular formula is C15H18Br2N2O. The van der Waals surface area contributed by atoms with Crippen molar-refractivity contribution >= 4 is 37.8 Å². The summed E-state index contributed by atoms with van der Waals surface area (Å²) in [5.41, 5.74) is 0.738. The van der Waals surface area contributed by atoms with Crippen LogP contribution in [0.2, 0.25) is 0 Å². The Labute approximate surface area is 136 Å². The molecule has 2 aliphatic heterocycles. The molecule has 5 heteroatoms. The Balaban J connectivity index is 1.76. The second-order valence-corrected chi connectivity index (χ2v) is 7.57. The molecule has 2 saturated heterocycles. The van der Waals surface area contributed by atoms with Crippen molar-refractivity contribution in [2.75, 3.05) is 7.05 Å². The van der Waals surface area contributed by atoms with Crippen molar-refractivity contribution in [1.82, 2.24) is 10.2 Å². The summed E-state index contributed by atoms with van der Waals surface area (Å²) >= 11 is 6.91. The van der Waals surface area contributed by atoms with E-state index in [1.807, 2.05) is 30.1 Å². The first-order valence-electron chi connectivity index (χ1n) is 7.03. The first-order valence-corrected chi connectivity index (χ1v) is 8.61. The van der Waals surface area contributed by atoms with E-state index >= 15 is 0 Å². The van der Waals surface area contributed by atoms with Gasteiger partial charge in [0.25, 0.3) is 5.91 Å². The molecule has 1 amide bonds. The third-order valence-electron chi connectivity index (χ3n) is 4.48. The number of piperidine rings is 1. The highest BCUT2D eigenvalue weighted by atomic mass is 79.9. The first kappa shape index (κ1) is 14.5. The average Bonchev–Trinajstić information content (AvgIpc) is 2.76. The van der Waals surface area contributed by atoms with Crippen molar-refractivity contribution in [2.45, 2.75) is 43.8 Å². The number of nitrogens with zero attached hydrogens (tertiary/aromatic N) is 1. The summed E-state index contributed by atoms with van der Waals surface area (Å²) in [4.78, 5) is 14.6. The Kier molecular flexibility index (Phi) is 4.20. The van der Waals surface area contributed by atoms with Crippen LogP contribution in [0.5, 0.6) is 0 Å². The van der Waals surface area contributed by atoms with Crippen molar-refractivity contribution in [3.05, 3.63) is 32.7 Å². The van der Waals surface area contributed by atoms with Crippen molar-refractivity contribution < 1.29 is 4.79 Å². The largest absolute Gasteiger partial charge is 0.339 e. The molecule has 0 spiro atoms. The van der Waals surface area contributed by atoms with Crippen LogP contribution in [0, 0.1) is 0 Å². The summed E-state index contributed by atoms with van der Waals surface area (Å²) < 4.78 is 1.82. The van der Waals surface area contributed by atoms with Crippen molar-refractivity contribution in [3.63, 3.8) is 0 Å². The fraction of sp³-hybridized carbons (Fsp3) is 0.533. The smallest absolute Gasteiger partial charge is 0.254 e. The summed E-state index contributed by atoms with van der Waals surface area (Å²) in [5.74, 6) is 0.107. The van der Waals surface area contributed by atoms with E-state index in [-0.39, 0.29) is 5.91 Å². The van der Waals surface area contributed by atoms with Crippen LogP contribution in [0.4, 0.5) is 0 Å². The van der Waals surface area contributed by atoms with Crippen LogP contribution in [0.3, 0.4) is 0 Å². The van der Waals surface area contributed by atoms with Gasteiger partial charge in [-0.1, -0.05) is 15.9 Å². The Hall–Kier alpha value is -0.390. The van der Waals surface area contributed by atoms with Crippen molar-refractivity contribution in [1.29, 1.82) is 0 Å². The third-order valence-corrected chi connectivity index (χ3v) is 5.63. The summed E-state index contributed by atoms with van der Waals surface area (Å²) in [6.45, 7) is 0. The first-order chi connectivity index (χ1) is 9.54. The van der Waals surface area contributed by atoms with Crippen LogP contribution in [0.1, 0.15) is 36.0 Å². The number of nitrogens with one attached hydrogen (secondary N) is 1. The molecule has 0 aromatic heterocycles. The van der Waals surface area contributed by atoms with Gasteiger partial charge in [-0.2, -0.15) is 0 Å². The van der Waals surface area contributed by atoms with Gasteiger partial charge in [0.1, 0.15) is 0 Å². The van der Waals surface area contributed by atoms with E-state index in [9.17, 15) is 4.79 Å². The average molecular weight is 402 g/mol. The Morgan fingerprint density at radius 3 is 2.50 bits per heavy atom. The van der Waals surface area contributed by atoms with Gasteiger partial charge < -0.3 is 10.2 Å². The molecule has 3 nitrogen and oxygen atoms in total. The number of rotatable bonds is 2. The maximum Gasteiger partial charge on any atom is 0.254 e. The van der Waals surface area contributed by atoms with Gasteiger partial charge in [-0.25, -0.2) is 0 Å². The molecule has 2 unspecified atom stereocenters. The van der Waals surface area contributed by atoms with Crippen LogP contribution in [0.15, 0.2) is 27.1 Å². The maximum absolute atomic E-state index is 12.7. The molecule has 20 heavy (non-hydrogen) atoms. The third kappa shape index (κ3) is 2.81. The zero-order valence-corrected chi connectivity index (χ0v) is 14.6. The van der Waals surface area contributed by atoms with Crippen LogP contribution >= 0.6 is 31.9 Å². The summed E-state index contributed by atoms with van der Waals surface area (Å²) in [6, 6.07) is 7.27. The zero-order valence-electron chi connectivity index (χ0n) is 11.4. The van der Waals surface area contributed by atoms with Gasteiger partial charge in [0, 0.05) is 34.1 Å². The molecule has 0 radical (unpaired) electrons. The minimum absolute atomic E-state index is 0.107. The van der Waals surface area contributed by atoms with E-state index in [0.717, 1.165) is 27.4 Å². The molecule has 2 bridgehead atoms. The van der Waals surface area contributed by atoms with E-state index in [1.54, 1.807) is 0 Å². The van der Waals surface area contributed by atoms with Crippen LogP contribution in [0.25, 0.3) is 0 Å². The number of amides is 1. The second kappa shape index (κ2) is 5.78. The monoisotopic (exact) mass is 400 g/mol. The van der Waals surface area contributed by atoms with E-state index < -0.39 is 0 Å². The van der Waals surface area contributed by atoms with Gasteiger partial charge in [-0.3, -0.25) is 4.79 Å². The minimum Gasteiger partial charge on any atom is -0.339 e. The summed E-state index contributed by atoms with van der Waals surface area (Å²) in [6.07, 6.45) is 4.66. The molecule has 2 aliphatic rings. The number of hydrogen-bond donors (Lipinski definition) is 1. The number of hydrogen-bond acceptors (Lipinski definition) is 2. The number of carbonyl (C=O) groups is 1. The van der Waals surface area contributed by atoms with E-state index in [2.05, 4.69) is 37.2 Å². The fourth-order valence-corrected chi connectivity index (χ4v) is 4.58. The summed E-state index contributed by atoms with van der Waals surface area (Å²) in [7, 11) is 1.94. The SMILES string of the molecule is CN(C(=O)c1ccc(Br)cc1Br)C1CC2CCC(C1)N2. The normalized spacial score (nSPS) is 28.4. The number of fused-ring (bicyclic) bond motifs is 2. The molecule has 2 atom stereocenters. The Morgan fingerprint density at radius 1 is 1.25 bits per heavy atom. The lowest BCUT2D eigenvalue weighted by Gasteiger charge is -2.35. The number of benzene rings is 1. The molecule has 0 saturated carbocycles. The molecule has 108 valence electrons. The highest BCUT2D eigenvalue weighted by Crippen LogP contribution is 2.31. The topological polar surface area (TPSA) is 32.3 Å². The van der Waals surface area contributed by atoms with Gasteiger partial charge in [-0.15, -0.1) is 0 Å². The second-order valence-electron chi connectivity index (χ2n) is 5.80. The molecule has 2 heterocycles. The van der Waals surface area contributed by atoms with Crippen molar-refractivity contribution in [3.8, 4) is 0 Å². The Bertz CT molecular complexity index is 523. The predicted octanol–water partition coefficient (Wildman–Crippen LogP) is 3.57. The van der Waals surface area contributed by atoms with Crippen molar-refractivity contribution in [2.24, 2.45) is 0 Å². The molecule has 0 aliphatic carbocycles. The molecular weight excluding hydrogens is 384 g/mol. The summed E-state index contributed by atoms with van der Waals surface area (Å²) in [5, 5.41) is 3.62. The van der Waals surface area contributed by atoms with Crippen LogP contribution < -0.4 is 5.32 Å².